The molecular formula is C16H24N4O. The monoisotopic (exact) mass is 288 g/mol. The number of rotatable bonds is 4. The molecule has 3 heterocycles. The summed E-state index contributed by atoms with van der Waals surface area (Å²) in [6, 6.07) is 4.52. The van der Waals surface area contributed by atoms with Crippen molar-refractivity contribution < 1.29 is 4.74 Å². The summed E-state index contributed by atoms with van der Waals surface area (Å²) in [5, 5.41) is 8.64. The molecule has 2 aromatic rings. The average Bonchev–Trinajstić information content (AvgIpc) is 2.89. The van der Waals surface area contributed by atoms with Gasteiger partial charge in [-0.1, -0.05) is 0 Å². The normalized spacial score (nSPS) is 20.3. The molecule has 0 radical (unpaired) electrons. The number of nitrogens with zero attached hydrogens (tertiary/aromatic N) is 4. The van der Waals surface area contributed by atoms with E-state index in [1.165, 1.54) is 25.9 Å². The first-order valence-corrected chi connectivity index (χ1v) is 7.79. The molecule has 1 aliphatic rings. The third-order valence-corrected chi connectivity index (χ3v) is 4.44. The Morgan fingerprint density at radius 2 is 2.24 bits per heavy atom. The van der Waals surface area contributed by atoms with E-state index in [1.807, 2.05) is 18.3 Å². The van der Waals surface area contributed by atoms with E-state index < -0.39 is 0 Å². The fraction of sp³-hybridized carbons (Fsp3) is 0.625. The van der Waals surface area contributed by atoms with E-state index in [1.54, 1.807) is 7.11 Å². The number of piperidine rings is 1. The number of hydrogen-bond acceptors (Lipinski definition) is 4. The molecule has 1 fully saturated rings. The van der Waals surface area contributed by atoms with Gasteiger partial charge in [-0.15, -0.1) is 10.2 Å². The molecule has 1 saturated heterocycles. The number of hydrogen-bond donors (Lipinski definition) is 0. The Hall–Kier alpha value is -1.62. The maximum Gasteiger partial charge on any atom is 0.164 e. The van der Waals surface area contributed by atoms with E-state index in [0.717, 1.165) is 23.6 Å². The highest BCUT2D eigenvalue weighted by Crippen LogP contribution is 2.22. The van der Waals surface area contributed by atoms with Crippen molar-refractivity contribution >= 4 is 5.65 Å². The molecule has 0 spiro atoms. The summed E-state index contributed by atoms with van der Waals surface area (Å²) < 4.78 is 7.31. The maximum absolute atomic E-state index is 5.23. The van der Waals surface area contributed by atoms with E-state index in [2.05, 4.69) is 33.3 Å². The lowest BCUT2D eigenvalue weighted by molar-refractivity contribution is 0.138. The topological polar surface area (TPSA) is 42.7 Å². The minimum absolute atomic E-state index is 0.632. The third-order valence-electron chi connectivity index (χ3n) is 4.44. The predicted molar refractivity (Wildman–Crippen MR) is 82.7 cm³/mol. The van der Waals surface area contributed by atoms with Gasteiger partial charge in [0.2, 0.25) is 0 Å². The molecule has 5 heteroatoms. The molecule has 5 nitrogen and oxygen atoms in total. The highest BCUT2D eigenvalue weighted by Gasteiger charge is 2.23. The number of fused-ring (bicyclic) bond motifs is 1. The Morgan fingerprint density at radius 3 is 3.00 bits per heavy atom. The zero-order valence-corrected chi connectivity index (χ0v) is 13.1. The SMILES string of the molecule is COc1ccn2c(CC3CCCN(C(C)C)C3)nnc2c1. The van der Waals surface area contributed by atoms with E-state index in [4.69, 9.17) is 4.74 Å². The lowest BCUT2D eigenvalue weighted by atomic mass is 9.93. The van der Waals surface area contributed by atoms with E-state index in [9.17, 15) is 0 Å². The molecule has 21 heavy (non-hydrogen) atoms. The van der Waals surface area contributed by atoms with Crippen LogP contribution in [-0.2, 0) is 6.42 Å². The largest absolute Gasteiger partial charge is 0.497 e. The molecule has 1 unspecified atom stereocenters. The number of ether oxygens (including phenoxy) is 1. The van der Waals surface area contributed by atoms with Gasteiger partial charge in [-0.25, -0.2) is 0 Å². The first-order valence-electron chi connectivity index (χ1n) is 7.79. The second-order valence-corrected chi connectivity index (χ2v) is 6.21. The van der Waals surface area contributed by atoms with Gasteiger partial charge in [0, 0.05) is 31.3 Å². The molecular weight excluding hydrogens is 264 g/mol. The van der Waals surface area contributed by atoms with Crippen LogP contribution < -0.4 is 4.74 Å². The first-order chi connectivity index (χ1) is 10.2. The number of aromatic nitrogens is 3. The molecule has 0 bridgehead atoms. The van der Waals surface area contributed by atoms with Crippen LogP contribution in [0.4, 0.5) is 0 Å². The summed E-state index contributed by atoms with van der Waals surface area (Å²) in [7, 11) is 1.67. The molecule has 3 rings (SSSR count). The first kappa shape index (κ1) is 14.3. The molecule has 1 aliphatic heterocycles. The lowest BCUT2D eigenvalue weighted by Crippen LogP contribution is -2.40. The highest BCUT2D eigenvalue weighted by molar-refractivity contribution is 5.44. The zero-order chi connectivity index (χ0) is 14.8. The van der Waals surface area contributed by atoms with Gasteiger partial charge in [0.05, 0.1) is 7.11 Å². The van der Waals surface area contributed by atoms with Crippen molar-refractivity contribution in [3.63, 3.8) is 0 Å². The van der Waals surface area contributed by atoms with Gasteiger partial charge in [-0.2, -0.15) is 0 Å². The number of methoxy groups -OCH3 is 1. The number of pyridine rings is 1. The Kier molecular flexibility index (Phi) is 4.10. The molecule has 2 aromatic heterocycles. The minimum atomic E-state index is 0.632. The van der Waals surface area contributed by atoms with Gasteiger partial charge in [-0.05, 0) is 45.2 Å². The van der Waals surface area contributed by atoms with Crippen LogP contribution in [0.2, 0.25) is 0 Å². The Bertz CT molecular complexity index is 607. The lowest BCUT2D eigenvalue weighted by Gasteiger charge is -2.35. The Balaban J connectivity index is 1.75. The van der Waals surface area contributed by atoms with Crippen molar-refractivity contribution in [3.8, 4) is 5.75 Å². The van der Waals surface area contributed by atoms with Crippen molar-refractivity contribution in [2.45, 2.75) is 39.2 Å². The van der Waals surface area contributed by atoms with Crippen molar-refractivity contribution in [1.29, 1.82) is 0 Å². The van der Waals surface area contributed by atoms with Gasteiger partial charge < -0.3 is 9.64 Å². The summed E-state index contributed by atoms with van der Waals surface area (Å²) in [4.78, 5) is 2.57. The van der Waals surface area contributed by atoms with Crippen LogP contribution in [0, 0.1) is 5.92 Å². The van der Waals surface area contributed by atoms with Crippen molar-refractivity contribution in [2.24, 2.45) is 5.92 Å². The fourth-order valence-electron chi connectivity index (χ4n) is 3.18. The summed E-state index contributed by atoms with van der Waals surface area (Å²) >= 11 is 0. The van der Waals surface area contributed by atoms with E-state index >= 15 is 0 Å². The van der Waals surface area contributed by atoms with Crippen LogP contribution in [0.5, 0.6) is 5.75 Å². The maximum atomic E-state index is 5.23. The summed E-state index contributed by atoms with van der Waals surface area (Å²) in [6.07, 6.45) is 5.57. The summed E-state index contributed by atoms with van der Waals surface area (Å²) in [5.74, 6) is 2.56. The summed E-state index contributed by atoms with van der Waals surface area (Å²) in [5.41, 5.74) is 0.862. The quantitative estimate of drug-likeness (QED) is 0.866. The van der Waals surface area contributed by atoms with Gasteiger partial charge >= 0.3 is 0 Å². The Labute approximate surface area is 125 Å². The fourth-order valence-corrected chi connectivity index (χ4v) is 3.18. The molecule has 0 saturated carbocycles. The van der Waals surface area contributed by atoms with Gasteiger partial charge in [0.15, 0.2) is 5.65 Å². The van der Waals surface area contributed by atoms with Gasteiger partial charge in [0.1, 0.15) is 11.6 Å². The zero-order valence-electron chi connectivity index (χ0n) is 13.1. The van der Waals surface area contributed by atoms with E-state index in [-0.39, 0.29) is 0 Å². The van der Waals surface area contributed by atoms with Crippen LogP contribution in [0.3, 0.4) is 0 Å². The molecule has 0 aliphatic carbocycles. The molecule has 0 aromatic carbocycles. The van der Waals surface area contributed by atoms with Crippen LogP contribution in [0.25, 0.3) is 5.65 Å². The highest BCUT2D eigenvalue weighted by atomic mass is 16.5. The molecule has 1 atom stereocenters. The summed E-state index contributed by atoms with van der Waals surface area (Å²) in [6.45, 7) is 6.96. The van der Waals surface area contributed by atoms with Crippen molar-refractivity contribution in [2.75, 3.05) is 20.2 Å². The number of likely N-dealkylation sites (tertiary alicyclic amines) is 1. The van der Waals surface area contributed by atoms with Gasteiger partial charge in [-0.3, -0.25) is 4.40 Å². The van der Waals surface area contributed by atoms with Crippen molar-refractivity contribution in [1.82, 2.24) is 19.5 Å². The molecule has 114 valence electrons. The smallest absolute Gasteiger partial charge is 0.164 e. The Morgan fingerprint density at radius 1 is 1.38 bits per heavy atom. The van der Waals surface area contributed by atoms with Crippen LogP contribution in [0.1, 0.15) is 32.5 Å². The second kappa shape index (κ2) is 6.02. The van der Waals surface area contributed by atoms with E-state index in [0.29, 0.717) is 12.0 Å². The average molecular weight is 288 g/mol. The minimum Gasteiger partial charge on any atom is -0.497 e. The third kappa shape index (κ3) is 3.02. The predicted octanol–water partition coefficient (Wildman–Crippen LogP) is 2.40. The molecule has 0 amide bonds. The molecule has 0 N–H and O–H groups in total. The standard InChI is InChI=1S/C16H24N4O/c1-12(2)19-7-4-5-13(11-19)9-15-17-18-16-10-14(21-3)6-8-20(15)16/h6,8,10,12-13H,4-5,7,9,11H2,1-3H3. The van der Waals surface area contributed by atoms with Crippen LogP contribution in [0.15, 0.2) is 18.3 Å². The van der Waals surface area contributed by atoms with Crippen LogP contribution in [-0.4, -0.2) is 45.7 Å². The second-order valence-electron chi connectivity index (χ2n) is 6.21. The van der Waals surface area contributed by atoms with Gasteiger partial charge in [0.25, 0.3) is 0 Å². The van der Waals surface area contributed by atoms with Crippen molar-refractivity contribution in [3.05, 3.63) is 24.2 Å². The van der Waals surface area contributed by atoms with Crippen LogP contribution >= 0.6 is 0 Å².